The summed E-state index contributed by atoms with van der Waals surface area (Å²) in [6.45, 7) is 6.78. The zero-order valence-electron chi connectivity index (χ0n) is 11.9. The highest BCUT2D eigenvalue weighted by Gasteiger charge is 2.34. The van der Waals surface area contributed by atoms with Crippen molar-refractivity contribution in [1.82, 2.24) is 4.90 Å². The molecular formula is C14H27NO3. The highest BCUT2D eigenvalue weighted by Crippen LogP contribution is 2.28. The van der Waals surface area contributed by atoms with Gasteiger partial charge in [-0.15, -0.1) is 0 Å². The molecule has 1 rings (SSSR count). The average molecular weight is 257 g/mol. The van der Waals surface area contributed by atoms with E-state index in [0.29, 0.717) is 6.54 Å². The summed E-state index contributed by atoms with van der Waals surface area (Å²) >= 11 is 0. The van der Waals surface area contributed by atoms with E-state index in [2.05, 4.69) is 25.7 Å². The zero-order valence-corrected chi connectivity index (χ0v) is 11.9. The van der Waals surface area contributed by atoms with Gasteiger partial charge in [-0.05, 0) is 33.6 Å². The first-order valence-electron chi connectivity index (χ1n) is 6.99. The Hall–Kier alpha value is -0.610. The van der Waals surface area contributed by atoms with Gasteiger partial charge < -0.3 is 10.2 Å². The lowest BCUT2D eigenvalue weighted by molar-refractivity contribution is -0.138. The van der Waals surface area contributed by atoms with Crippen LogP contribution in [0.3, 0.4) is 0 Å². The van der Waals surface area contributed by atoms with E-state index in [-0.39, 0.29) is 24.1 Å². The maximum absolute atomic E-state index is 10.8. The summed E-state index contributed by atoms with van der Waals surface area (Å²) in [6.07, 6.45) is 5.00. The number of carboxylic acids is 1. The molecule has 0 aromatic heterocycles. The molecule has 0 bridgehead atoms. The molecule has 0 aromatic rings. The van der Waals surface area contributed by atoms with Crippen molar-refractivity contribution in [3.05, 3.63) is 0 Å². The van der Waals surface area contributed by atoms with E-state index in [4.69, 9.17) is 5.11 Å². The number of aliphatic hydroxyl groups excluding tert-OH is 1. The number of hydrogen-bond donors (Lipinski definition) is 2. The second-order valence-corrected chi connectivity index (χ2v) is 6.28. The number of aliphatic carboxylic acids is 1. The first-order chi connectivity index (χ1) is 8.32. The Balaban J connectivity index is 2.76. The minimum absolute atomic E-state index is 0.104. The molecule has 0 aromatic carbocycles. The predicted molar refractivity (Wildman–Crippen MR) is 71.6 cm³/mol. The Morgan fingerprint density at radius 1 is 1.22 bits per heavy atom. The van der Waals surface area contributed by atoms with Gasteiger partial charge in [0, 0.05) is 18.1 Å². The topological polar surface area (TPSA) is 60.8 Å². The maximum atomic E-state index is 10.8. The number of carbonyl (C=O) groups is 1. The second-order valence-electron chi connectivity index (χ2n) is 6.28. The molecule has 4 nitrogen and oxygen atoms in total. The first kappa shape index (κ1) is 15.4. The van der Waals surface area contributed by atoms with Gasteiger partial charge in [-0.2, -0.15) is 0 Å². The second kappa shape index (κ2) is 6.53. The maximum Gasteiger partial charge on any atom is 0.304 e. The summed E-state index contributed by atoms with van der Waals surface area (Å²) in [6, 6.07) is 0.104. The summed E-state index contributed by atoms with van der Waals surface area (Å²) in [5.74, 6) is -0.771. The minimum Gasteiger partial charge on any atom is -0.481 e. The van der Waals surface area contributed by atoms with Gasteiger partial charge in [-0.25, -0.2) is 0 Å². The number of carboxylic acid groups (broad SMARTS) is 1. The van der Waals surface area contributed by atoms with Gasteiger partial charge in [0.15, 0.2) is 0 Å². The van der Waals surface area contributed by atoms with E-state index >= 15 is 0 Å². The van der Waals surface area contributed by atoms with Crippen LogP contribution in [0.1, 0.15) is 59.3 Å². The third-order valence-corrected chi connectivity index (χ3v) is 3.77. The molecule has 1 aliphatic carbocycles. The van der Waals surface area contributed by atoms with Crippen LogP contribution in [0, 0.1) is 0 Å². The molecule has 0 aliphatic heterocycles. The van der Waals surface area contributed by atoms with Crippen molar-refractivity contribution in [2.24, 2.45) is 0 Å². The normalized spacial score (nSPS) is 26.1. The van der Waals surface area contributed by atoms with Gasteiger partial charge >= 0.3 is 5.97 Å². The van der Waals surface area contributed by atoms with Crippen molar-refractivity contribution < 1.29 is 15.0 Å². The number of aliphatic hydroxyl groups is 1. The van der Waals surface area contributed by atoms with Gasteiger partial charge in [0.2, 0.25) is 0 Å². The molecule has 2 unspecified atom stereocenters. The molecule has 4 heteroatoms. The van der Waals surface area contributed by atoms with Crippen LogP contribution in [0.25, 0.3) is 0 Å². The Bertz CT molecular complexity index is 273. The lowest BCUT2D eigenvalue weighted by Gasteiger charge is -2.43. The molecule has 1 aliphatic rings. The van der Waals surface area contributed by atoms with Crippen molar-refractivity contribution >= 4 is 5.97 Å². The number of hydrogen-bond acceptors (Lipinski definition) is 3. The van der Waals surface area contributed by atoms with E-state index in [1.165, 1.54) is 6.42 Å². The Kier molecular flexibility index (Phi) is 5.60. The highest BCUT2D eigenvalue weighted by atomic mass is 16.4. The Morgan fingerprint density at radius 2 is 1.83 bits per heavy atom. The van der Waals surface area contributed by atoms with Crippen molar-refractivity contribution in [2.75, 3.05) is 6.54 Å². The first-order valence-corrected chi connectivity index (χ1v) is 6.99. The van der Waals surface area contributed by atoms with Crippen molar-refractivity contribution in [1.29, 1.82) is 0 Å². The molecule has 18 heavy (non-hydrogen) atoms. The number of nitrogens with zero attached hydrogens (tertiary/aromatic N) is 1. The third-order valence-electron chi connectivity index (χ3n) is 3.77. The SMILES string of the molecule is CC(C)(C)N(CCC(=O)O)C1CCCCCC1O. The zero-order chi connectivity index (χ0) is 13.8. The lowest BCUT2D eigenvalue weighted by atomic mass is 9.96. The monoisotopic (exact) mass is 257 g/mol. The average Bonchev–Trinajstić information content (AvgIpc) is 2.42. The lowest BCUT2D eigenvalue weighted by Crippen LogP contribution is -2.53. The van der Waals surface area contributed by atoms with Crippen LogP contribution < -0.4 is 0 Å². The third kappa shape index (κ3) is 4.58. The predicted octanol–water partition coefficient (Wildman–Crippen LogP) is 2.26. The molecule has 1 fully saturated rings. The van der Waals surface area contributed by atoms with Gasteiger partial charge in [-0.1, -0.05) is 19.3 Å². The van der Waals surface area contributed by atoms with Crippen molar-refractivity contribution in [2.45, 2.75) is 77.0 Å². The van der Waals surface area contributed by atoms with Crippen molar-refractivity contribution in [3.63, 3.8) is 0 Å². The van der Waals surface area contributed by atoms with Crippen LogP contribution >= 0.6 is 0 Å². The number of rotatable bonds is 4. The van der Waals surface area contributed by atoms with Crippen LogP contribution in [0.2, 0.25) is 0 Å². The molecule has 0 radical (unpaired) electrons. The summed E-state index contributed by atoms with van der Waals surface area (Å²) in [5.41, 5.74) is -0.106. The van der Waals surface area contributed by atoms with Gasteiger partial charge in [0.1, 0.15) is 0 Å². The summed E-state index contributed by atoms with van der Waals surface area (Å²) < 4.78 is 0. The van der Waals surface area contributed by atoms with E-state index in [1.807, 2.05) is 0 Å². The van der Waals surface area contributed by atoms with Crippen molar-refractivity contribution in [3.8, 4) is 0 Å². The molecule has 0 spiro atoms. The smallest absolute Gasteiger partial charge is 0.304 e. The fourth-order valence-electron chi connectivity index (χ4n) is 2.85. The molecule has 0 amide bonds. The van der Waals surface area contributed by atoms with Gasteiger partial charge in [0.25, 0.3) is 0 Å². The Morgan fingerprint density at radius 3 is 2.39 bits per heavy atom. The van der Waals surface area contributed by atoms with Gasteiger partial charge in [-0.3, -0.25) is 9.69 Å². The van der Waals surface area contributed by atoms with Crippen LogP contribution in [0.4, 0.5) is 0 Å². The highest BCUT2D eigenvalue weighted by molar-refractivity contribution is 5.66. The summed E-state index contributed by atoms with van der Waals surface area (Å²) in [7, 11) is 0. The molecule has 2 N–H and O–H groups in total. The summed E-state index contributed by atoms with van der Waals surface area (Å²) in [4.78, 5) is 13.0. The quantitative estimate of drug-likeness (QED) is 0.758. The van der Waals surface area contributed by atoms with E-state index in [1.54, 1.807) is 0 Å². The van der Waals surface area contributed by atoms with E-state index < -0.39 is 5.97 Å². The fourth-order valence-corrected chi connectivity index (χ4v) is 2.85. The molecule has 1 saturated carbocycles. The molecule has 2 atom stereocenters. The Labute approximate surface area is 110 Å². The summed E-state index contributed by atoms with van der Waals surface area (Å²) in [5, 5.41) is 19.1. The van der Waals surface area contributed by atoms with E-state index in [9.17, 15) is 9.90 Å². The van der Waals surface area contributed by atoms with Crippen LogP contribution in [-0.4, -0.2) is 45.3 Å². The fraction of sp³-hybridized carbons (Fsp3) is 0.929. The molecule has 0 saturated heterocycles. The van der Waals surface area contributed by atoms with Crippen LogP contribution in [0.15, 0.2) is 0 Å². The van der Waals surface area contributed by atoms with E-state index in [0.717, 1.165) is 25.7 Å². The molecule has 106 valence electrons. The van der Waals surface area contributed by atoms with Crippen LogP contribution in [-0.2, 0) is 4.79 Å². The largest absolute Gasteiger partial charge is 0.481 e. The standard InChI is InChI=1S/C14H27NO3/c1-14(2,3)15(10-9-13(17)18)11-7-5-4-6-8-12(11)16/h11-12,16H,4-10H2,1-3H3,(H,17,18). The molecular weight excluding hydrogens is 230 g/mol. The minimum atomic E-state index is -0.771. The van der Waals surface area contributed by atoms with Gasteiger partial charge in [0.05, 0.1) is 12.5 Å². The van der Waals surface area contributed by atoms with Crippen LogP contribution in [0.5, 0.6) is 0 Å². The molecule has 0 heterocycles.